The predicted octanol–water partition coefficient (Wildman–Crippen LogP) is 2.08. The highest BCUT2D eigenvalue weighted by molar-refractivity contribution is 7.90. The number of carbonyl (C=O) groups is 1. The molecule has 118 valence electrons. The number of methoxy groups -OCH3 is 1. The number of esters is 1. The minimum atomic E-state index is -4.30. The van der Waals surface area contributed by atoms with Crippen molar-refractivity contribution in [1.82, 2.24) is 4.57 Å². The van der Waals surface area contributed by atoms with E-state index in [2.05, 4.69) is 4.74 Å². The van der Waals surface area contributed by atoms with E-state index >= 15 is 0 Å². The molecule has 0 spiro atoms. The average Bonchev–Trinajstić information content (AvgIpc) is 2.94. The zero-order valence-electron chi connectivity index (χ0n) is 11.4. The Kier molecular flexibility index (Phi) is 4.01. The van der Waals surface area contributed by atoms with Crippen molar-refractivity contribution in [3.63, 3.8) is 0 Å². The Labute approximate surface area is 123 Å². The fourth-order valence-electron chi connectivity index (χ4n) is 1.96. The van der Waals surface area contributed by atoms with Gasteiger partial charge in [-0.15, -0.1) is 0 Å². The first kappa shape index (κ1) is 16.1. The number of carbonyl (C=O) groups excluding carboxylic acids is 1. The molecule has 0 aliphatic rings. The molecule has 0 fully saturated rings. The Hall–Kier alpha value is -2.29. The zero-order valence-corrected chi connectivity index (χ0v) is 12.2. The lowest BCUT2D eigenvalue weighted by atomic mass is 10.1. The molecular weight excluding hydrogens is 323 g/mol. The molecule has 2 rings (SSSR count). The summed E-state index contributed by atoms with van der Waals surface area (Å²) in [6.45, 7) is 0. The van der Waals surface area contributed by atoms with Crippen molar-refractivity contribution in [3.8, 4) is 5.69 Å². The summed E-state index contributed by atoms with van der Waals surface area (Å²) in [7, 11) is -3.47. The number of ether oxygens (including phenoxy) is 1. The van der Waals surface area contributed by atoms with E-state index in [-0.39, 0.29) is 0 Å². The van der Waals surface area contributed by atoms with Crippen LogP contribution in [0.1, 0.15) is 10.4 Å². The summed E-state index contributed by atoms with van der Waals surface area (Å²) in [4.78, 5) is 10.3. The van der Waals surface area contributed by atoms with E-state index < -0.39 is 49.4 Å². The van der Waals surface area contributed by atoms with Crippen molar-refractivity contribution < 1.29 is 31.1 Å². The fraction of sp³-hybridized carbons (Fsp3) is 0.154. The van der Waals surface area contributed by atoms with Gasteiger partial charge >= 0.3 is 5.97 Å². The van der Waals surface area contributed by atoms with Gasteiger partial charge in [0.05, 0.1) is 7.11 Å². The van der Waals surface area contributed by atoms with Gasteiger partial charge in [0, 0.05) is 18.6 Å². The van der Waals surface area contributed by atoms with Crippen molar-refractivity contribution in [2.24, 2.45) is 0 Å². The van der Waals surface area contributed by atoms with Gasteiger partial charge in [0.1, 0.15) is 16.1 Å². The molecule has 0 radical (unpaired) electrons. The van der Waals surface area contributed by atoms with Crippen molar-refractivity contribution in [3.05, 3.63) is 47.5 Å². The van der Waals surface area contributed by atoms with Crippen LogP contribution in [0.5, 0.6) is 0 Å². The Morgan fingerprint density at radius 1 is 1.09 bits per heavy atom. The molecule has 0 N–H and O–H groups in total. The molecule has 0 saturated heterocycles. The Morgan fingerprint density at radius 2 is 1.64 bits per heavy atom. The van der Waals surface area contributed by atoms with E-state index in [1.165, 1.54) is 24.5 Å². The van der Waals surface area contributed by atoms with E-state index in [9.17, 15) is 26.4 Å². The zero-order chi connectivity index (χ0) is 16.7. The van der Waals surface area contributed by atoms with Crippen molar-refractivity contribution in [2.45, 2.75) is 4.90 Å². The second-order valence-corrected chi connectivity index (χ2v) is 6.30. The van der Waals surface area contributed by atoms with E-state index in [4.69, 9.17) is 0 Å². The van der Waals surface area contributed by atoms with Gasteiger partial charge in [0.2, 0.25) is 0 Å². The monoisotopic (exact) mass is 333 g/mol. The number of benzene rings is 1. The summed E-state index contributed by atoms with van der Waals surface area (Å²) in [5.74, 6) is -6.70. The highest BCUT2D eigenvalue weighted by Gasteiger charge is 2.34. The van der Waals surface area contributed by atoms with Gasteiger partial charge in [-0.1, -0.05) is 0 Å². The Balaban J connectivity index is 3.01. The minimum absolute atomic E-state index is 0.622. The number of halogens is 3. The summed E-state index contributed by atoms with van der Waals surface area (Å²) in [6, 6.07) is 2.82. The van der Waals surface area contributed by atoms with Crippen LogP contribution >= 0.6 is 0 Å². The number of aromatic nitrogens is 1. The third-order valence-corrected chi connectivity index (χ3v) is 3.99. The predicted molar refractivity (Wildman–Crippen MR) is 70.1 cm³/mol. The quantitative estimate of drug-likeness (QED) is 0.490. The molecule has 0 amide bonds. The standard InChI is InChI=1S/C13H10F3NO4S/c1-21-13(18)7-8(14)10(16)11(17-5-3-4-6-17)12(9(7)15)22(2,19)20/h3-6H,1-2H3. The number of hydrogen-bond donors (Lipinski definition) is 0. The lowest BCUT2D eigenvalue weighted by Gasteiger charge is -2.15. The topological polar surface area (TPSA) is 65.4 Å². The summed E-state index contributed by atoms with van der Waals surface area (Å²) >= 11 is 0. The largest absolute Gasteiger partial charge is 0.465 e. The first-order valence-corrected chi connectivity index (χ1v) is 7.71. The fourth-order valence-corrected chi connectivity index (χ4v) is 2.93. The van der Waals surface area contributed by atoms with Gasteiger partial charge in [0.25, 0.3) is 0 Å². The minimum Gasteiger partial charge on any atom is -0.465 e. The van der Waals surface area contributed by atoms with E-state index in [0.29, 0.717) is 6.26 Å². The van der Waals surface area contributed by atoms with Crippen LogP contribution in [-0.4, -0.2) is 32.3 Å². The lowest BCUT2D eigenvalue weighted by molar-refractivity contribution is 0.0587. The number of hydrogen-bond acceptors (Lipinski definition) is 4. The van der Waals surface area contributed by atoms with Crippen molar-refractivity contribution >= 4 is 15.8 Å². The van der Waals surface area contributed by atoms with Gasteiger partial charge in [-0.2, -0.15) is 0 Å². The van der Waals surface area contributed by atoms with Gasteiger partial charge in [0.15, 0.2) is 27.3 Å². The van der Waals surface area contributed by atoms with E-state index in [0.717, 1.165) is 11.7 Å². The van der Waals surface area contributed by atoms with Gasteiger partial charge in [-0.25, -0.2) is 26.4 Å². The van der Waals surface area contributed by atoms with Crippen molar-refractivity contribution in [1.29, 1.82) is 0 Å². The normalized spacial score (nSPS) is 11.5. The van der Waals surface area contributed by atoms with Crippen LogP contribution in [-0.2, 0) is 14.6 Å². The molecular formula is C13H10F3NO4S. The molecule has 22 heavy (non-hydrogen) atoms. The molecule has 0 aliphatic heterocycles. The molecule has 0 atom stereocenters. The molecule has 5 nitrogen and oxygen atoms in total. The molecule has 1 heterocycles. The highest BCUT2D eigenvalue weighted by Crippen LogP contribution is 2.32. The lowest BCUT2D eigenvalue weighted by Crippen LogP contribution is -2.18. The average molecular weight is 333 g/mol. The summed E-state index contributed by atoms with van der Waals surface area (Å²) in [5, 5.41) is 0. The smallest absolute Gasteiger partial charge is 0.344 e. The Morgan fingerprint density at radius 3 is 2.09 bits per heavy atom. The first-order valence-electron chi connectivity index (χ1n) is 5.82. The number of nitrogens with zero attached hydrogens (tertiary/aromatic N) is 1. The second-order valence-electron chi connectivity index (χ2n) is 4.35. The third kappa shape index (κ3) is 2.47. The van der Waals surface area contributed by atoms with Crippen LogP contribution in [0.2, 0.25) is 0 Å². The van der Waals surface area contributed by atoms with Crippen LogP contribution in [0.4, 0.5) is 13.2 Å². The number of sulfone groups is 1. The summed E-state index contributed by atoms with van der Waals surface area (Å²) in [5.41, 5.74) is -2.23. The van der Waals surface area contributed by atoms with Crippen molar-refractivity contribution in [2.75, 3.05) is 13.4 Å². The number of rotatable bonds is 3. The van der Waals surface area contributed by atoms with Crippen LogP contribution in [0.15, 0.2) is 29.4 Å². The molecule has 2 aromatic rings. The third-order valence-electron chi connectivity index (χ3n) is 2.88. The van der Waals surface area contributed by atoms with Crippen LogP contribution < -0.4 is 0 Å². The SMILES string of the molecule is COC(=O)c1c(F)c(F)c(-n2cccc2)c(S(C)(=O)=O)c1F. The summed E-state index contributed by atoms with van der Waals surface area (Å²) < 4.78 is 71.3. The van der Waals surface area contributed by atoms with Gasteiger partial charge in [-0.3, -0.25) is 0 Å². The maximum absolute atomic E-state index is 14.4. The van der Waals surface area contributed by atoms with Crippen LogP contribution in [0.3, 0.4) is 0 Å². The molecule has 0 unspecified atom stereocenters. The molecule has 9 heteroatoms. The maximum atomic E-state index is 14.4. The summed E-state index contributed by atoms with van der Waals surface area (Å²) in [6.07, 6.45) is 3.05. The maximum Gasteiger partial charge on any atom is 0.344 e. The van der Waals surface area contributed by atoms with Gasteiger partial charge in [-0.05, 0) is 12.1 Å². The second kappa shape index (κ2) is 5.48. The van der Waals surface area contributed by atoms with Crippen LogP contribution in [0, 0.1) is 17.5 Å². The van der Waals surface area contributed by atoms with Crippen LogP contribution in [0.25, 0.3) is 5.69 Å². The first-order chi connectivity index (χ1) is 10.2. The Bertz CT molecular complexity index is 845. The molecule has 0 aliphatic carbocycles. The molecule has 0 saturated carbocycles. The van der Waals surface area contributed by atoms with E-state index in [1.807, 2.05) is 0 Å². The van der Waals surface area contributed by atoms with E-state index in [1.54, 1.807) is 0 Å². The highest BCUT2D eigenvalue weighted by atomic mass is 32.2. The molecule has 0 bridgehead atoms. The molecule has 1 aromatic heterocycles. The molecule has 1 aromatic carbocycles. The van der Waals surface area contributed by atoms with Gasteiger partial charge < -0.3 is 9.30 Å².